The van der Waals surface area contributed by atoms with Crippen LogP contribution in [0.3, 0.4) is 0 Å². The summed E-state index contributed by atoms with van der Waals surface area (Å²) < 4.78 is 7.34. The molecule has 1 fully saturated rings. The predicted octanol–water partition coefficient (Wildman–Crippen LogP) is 2.88. The van der Waals surface area contributed by atoms with E-state index in [2.05, 4.69) is 22.0 Å². The highest BCUT2D eigenvalue weighted by Crippen LogP contribution is 2.13. The first kappa shape index (κ1) is 16.2. The molecule has 0 amide bonds. The molecule has 6 heteroatoms. The van der Waals surface area contributed by atoms with E-state index in [4.69, 9.17) is 17.0 Å². The second-order valence-corrected chi connectivity index (χ2v) is 6.56. The van der Waals surface area contributed by atoms with Gasteiger partial charge in [0.05, 0.1) is 29.8 Å². The van der Waals surface area contributed by atoms with Crippen molar-refractivity contribution in [2.45, 2.75) is 6.54 Å². The fourth-order valence-corrected chi connectivity index (χ4v) is 3.46. The standard InChI is InChI=1S/C19H19N3O2S/c23-18-16-3-1-2-4-17(16)20-19(25)22(18)15-7-5-14(6-8-15)13-21-9-11-24-12-10-21/h1-8H,9-13H2,(H,20,25). The second kappa shape index (κ2) is 6.92. The van der Waals surface area contributed by atoms with Crippen LogP contribution in [-0.4, -0.2) is 40.8 Å². The Balaban J connectivity index is 1.67. The Bertz CT molecular complexity index is 1000. The molecule has 0 unspecified atom stereocenters. The summed E-state index contributed by atoms with van der Waals surface area (Å²) in [6.07, 6.45) is 0. The first-order chi connectivity index (χ1) is 12.2. The second-order valence-electron chi connectivity index (χ2n) is 6.17. The molecule has 128 valence electrons. The van der Waals surface area contributed by atoms with Crippen molar-refractivity contribution in [3.8, 4) is 5.69 Å². The molecule has 1 N–H and O–H groups in total. The fraction of sp³-hybridized carbons (Fsp3) is 0.263. The number of nitrogens with one attached hydrogen (secondary N) is 1. The van der Waals surface area contributed by atoms with E-state index in [0.29, 0.717) is 10.2 Å². The van der Waals surface area contributed by atoms with E-state index in [1.54, 1.807) is 4.57 Å². The molecular weight excluding hydrogens is 334 g/mol. The minimum Gasteiger partial charge on any atom is -0.379 e. The van der Waals surface area contributed by atoms with Crippen LogP contribution in [0, 0.1) is 4.77 Å². The minimum absolute atomic E-state index is 0.0970. The van der Waals surface area contributed by atoms with Crippen LogP contribution in [0.5, 0.6) is 0 Å². The van der Waals surface area contributed by atoms with Crippen LogP contribution in [-0.2, 0) is 11.3 Å². The van der Waals surface area contributed by atoms with Crippen molar-refractivity contribution in [1.29, 1.82) is 0 Å². The van der Waals surface area contributed by atoms with Crippen molar-refractivity contribution in [1.82, 2.24) is 14.5 Å². The zero-order chi connectivity index (χ0) is 17.2. The van der Waals surface area contributed by atoms with Gasteiger partial charge in [-0.1, -0.05) is 24.3 Å². The summed E-state index contributed by atoms with van der Waals surface area (Å²) in [5.41, 5.74) is 2.66. The lowest BCUT2D eigenvalue weighted by molar-refractivity contribution is 0.0342. The van der Waals surface area contributed by atoms with Crippen LogP contribution in [0.1, 0.15) is 5.56 Å². The lowest BCUT2D eigenvalue weighted by Crippen LogP contribution is -2.35. The Kier molecular flexibility index (Phi) is 4.48. The SMILES string of the molecule is O=c1c2ccccc2[nH]c(=S)n1-c1ccc(CN2CCOCC2)cc1. The fourth-order valence-electron chi connectivity index (χ4n) is 3.16. The third-order valence-electron chi connectivity index (χ3n) is 4.51. The average Bonchev–Trinajstić information content (AvgIpc) is 2.64. The van der Waals surface area contributed by atoms with Gasteiger partial charge in [-0.2, -0.15) is 0 Å². The van der Waals surface area contributed by atoms with Crippen LogP contribution < -0.4 is 5.56 Å². The number of hydrogen-bond acceptors (Lipinski definition) is 4. The van der Waals surface area contributed by atoms with E-state index in [9.17, 15) is 4.79 Å². The van der Waals surface area contributed by atoms with Crippen LogP contribution in [0.4, 0.5) is 0 Å². The number of nitrogens with zero attached hydrogens (tertiary/aromatic N) is 2. The van der Waals surface area contributed by atoms with Gasteiger partial charge in [0.1, 0.15) is 0 Å². The van der Waals surface area contributed by atoms with Crippen molar-refractivity contribution in [2.24, 2.45) is 0 Å². The van der Waals surface area contributed by atoms with Gasteiger partial charge in [0.15, 0.2) is 4.77 Å². The molecule has 0 spiro atoms. The predicted molar refractivity (Wildman–Crippen MR) is 101 cm³/mol. The maximum absolute atomic E-state index is 12.8. The van der Waals surface area contributed by atoms with E-state index in [-0.39, 0.29) is 5.56 Å². The first-order valence-corrected chi connectivity index (χ1v) is 8.77. The van der Waals surface area contributed by atoms with Crippen LogP contribution in [0.25, 0.3) is 16.6 Å². The summed E-state index contributed by atoms with van der Waals surface area (Å²) >= 11 is 5.40. The zero-order valence-corrected chi connectivity index (χ0v) is 14.6. The monoisotopic (exact) mass is 353 g/mol. The summed E-state index contributed by atoms with van der Waals surface area (Å²) in [5.74, 6) is 0. The Morgan fingerprint density at radius 2 is 1.76 bits per heavy atom. The highest BCUT2D eigenvalue weighted by atomic mass is 32.1. The third-order valence-corrected chi connectivity index (χ3v) is 4.79. The van der Waals surface area contributed by atoms with Gasteiger partial charge in [-0.25, -0.2) is 0 Å². The molecule has 4 rings (SSSR count). The maximum atomic E-state index is 12.8. The van der Waals surface area contributed by atoms with Crippen LogP contribution in [0.15, 0.2) is 53.3 Å². The molecule has 0 atom stereocenters. The Labute approximate surface area is 150 Å². The number of morpholine rings is 1. The number of H-pyrrole nitrogens is 1. The van der Waals surface area contributed by atoms with Crippen molar-refractivity contribution in [2.75, 3.05) is 26.3 Å². The molecule has 1 aliphatic heterocycles. The summed E-state index contributed by atoms with van der Waals surface area (Å²) in [5, 5.41) is 0.633. The summed E-state index contributed by atoms with van der Waals surface area (Å²) in [7, 11) is 0. The molecule has 3 aromatic rings. The van der Waals surface area contributed by atoms with Crippen molar-refractivity contribution < 1.29 is 4.74 Å². The number of fused-ring (bicyclic) bond motifs is 1. The molecule has 1 aromatic heterocycles. The van der Waals surface area contributed by atoms with Gasteiger partial charge in [0, 0.05) is 19.6 Å². The maximum Gasteiger partial charge on any atom is 0.266 e. The Morgan fingerprint density at radius 3 is 2.52 bits per heavy atom. The number of aromatic amines is 1. The van der Waals surface area contributed by atoms with E-state index < -0.39 is 0 Å². The minimum atomic E-state index is -0.0970. The van der Waals surface area contributed by atoms with Gasteiger partial charge >= 0.3 is 0 Å². The van der Waals surface area contributed by atoms with E-state index in [1.165, 1.54) is 5.56 Å². The molecule has 2 heterocycles. The molecule has 2 aromatic carbocycles. The van der Waals surface area contributed by atoms with Gasteiger partial charge < -0.3 is 9.72 Å². The van der Waals surface area contributed by atoms with Crippen LogP contribution >= 0.6 is 12.2 Å². The van der Waals surface area contributed by atoms with Crippen LogP contribution in [0.2, 0.25) is 0 Å². The van der Waals surface area contributed by atoms with Gasteiger partial charge in [-0.05, 0) is 42.0 Å². The number of hydrogen-bond donors (Lipinski definition) is 1. The third kappa shape index (κ3) is 3.28. The van der Waals surface area contributed by atoms with Gasteiger partial charge in [0.2, 0.25) is 0 Å². The lowest BCUT2D eigenvalue weighted by Gasteiger charge is -2.26. The number of benzene rings is 2. The number of para-hydroxylation sites is 1. The highest BCUT2D eigenvalue weighted by molar-refractivity contribution is 7.71. The molecule has 0 radical (unpaired) electrons. The molecule has 0 saturated carbocycles. The first-order valence-electron chi connectivity index (χ1n) is 8.36. The molecule has 25 heavy (non-hydrogen) atoms. The summed E-state index contributed by atoms with van der Waals surface area (Å²) in [4.78, 5) is 18.3. The molecular formula is C19H19N3O2S. The summed E-state index contributed by atoms with van der Waals surface area (Å²) in [6, 6.07) is 15.4. The highest BCUT2D eigenvalue weighted by Gasteiger charge is 2.11. The van der Waals surface area contributed by atoms with E-state index in [0.717, 1.165) is 44.1 Å². The summed E-state index contributed by atoms with van der Waals surface area (Å²) in [6.45, 7) is 4.39. The van der Waals surface area contributed by atoms with Crippen molar-refractivity contribution in [3.63, 3.8) is 0 Å². The van der Waals surface area contributed by atoms with Gasteiger partial charge in [0.25, 0.3) is 5.56 Å². The molecule has 5 nitrogen and oxygen atoms in total. The lowest BCUT2D eigenvalue weighted by atomic mass is 10.2. The number of aromatic nitrogens is 2. The van der Waals surface area contributed by atoms with E-state index >= 15 is 0 Å². The van der Waals surface area contributed by atoms with Gasteiger partial charge in [-0.3, -0.25) is 14.3 Å². The normalized spacial score (nSPS) is 15.5. The van der Waals surface area contributed by atoms with E-state index in [1.807, 2.05) is 36.4 Å². The molecule has 0 bridgehead atoms. The molecule has 0 aliphatic carbocycles. The largest absolute Gasteiger partial charge is 0.379 e. The van der Waals surface area contributed by atoms with Crippen molar-refractivity contribution in [3.05, 3.63) is 69.2 Å². The Morgan fingerprint density at radius 1 is 1.04 bits per heavy atom. The topological polar surface area (TPSA) is 50.3 Å². The zero-order valence-electron chi connectivity index (χ0n) is 13.8. The average molecular weight is 353 g/mol. The number of rotatable bonds is 3. The van der Waals surface area contributed by atoms with Crippen molar-refractivity contribution >= 4 is 23.1 Å². The smallest absolute Gasteiger partial charge is 0.266 e. The quantitative estimate of drug-likeness (QED) is 0.736. The Hall–Kier alpha value is -2.28. The van der Waals surface area contributed by atoms with Gasteiger partial charge in [-0.15, -0.1) is 0 Å². The molecule has 1 aliphatic rings. The number of ether oxygens (including phenoxy) is 1. The molecule has 1 saturated heterocycles.